The van der Waals surface area contributed by atoms with Crippen LogP contribution in [0.4, 0.5) is 0 Å². The second-order valence-corrected chi connectivity index (χ2v) is 13.9. The van der Waals surface area contributed by atoms with E-state index in [4.69, 9.17) is 19.9 Å². The topological polar surface area (TPSA) is 69.5 Å². The zero-order valence-corrected chi connectivity index (χ0v) is 35.0. The second-order valence-electron chi connectivity index (χ2n) is 13.9. The van der Waals surface area contributed by atoms with Crippen LogP contribution in [0.1, 0.15) is 50.5 Å². The summed E-state index contributed by atoms with van der Waals surface area (Å²) in [5, 5.41) is 0. The number of rotatable bonds is 8. The summed E-state index contributed by atoms with van der Waals surface area (Å²) in [5.41, 5.74) is 14.9. The summed E-state index contributed by atoms with van der Waals surface area (Å²) in [4.78, 5) is 21.9. The molecule has 0 radical (unpaired) electrons. The molecule has 2 aliphatic heterocycles. The van der Waals surface area contributed by atoms with E-state index in [0.717, 1.165) is 116 Å². The van der Waals surface area contributed by atoms with E-state index in [2.05, 4.69) is 192 Å². The average Bonchev–Trinajstić information content (AvgIpc) is 4.10. The van der Waals surface area contributed by atoms with E-state index in [1.165, 1.54) is 0 Å². The van der Waals surface area contributed by atoms with Crippen molar-refractivity contribution in [2.24, 2.45) is 0 Å². The maximum absolute atomic E-state index is 5.48. The van der Waals surface area contributed by atoms with Crippen molar-refractivity contribution < 1.29 is 47.7 Å². The SMILES string of the molecule is CC[n+]1ccccc1-c1c2nc(c(-c3cccc[n+]3CC)c3ccc([n-]3)c(-c3cccc[n+]3CC)c3nc(c(-c4cccc[n+]4CC)c4ccc1[n-]4)C=C3)C=C2.[Cl-].[Mn+3]. The van der Waals surface area contributed by atoms with Crippen LogP contribution in [0.25, 0.3) is 91.4 Å². The van der Waals surface area contributed by atoms with Crippen LogP contribution in [0.15, 0.2) is 122 Å². The first-order chi connectivity index (χ1) is 27.6. The quantitative estimate of drug-likeness (QED) is 0.163. The maximum atomic E-state index is 5.48. The molecule has 286 valence electrons. The van der Waals surface area contributed by atoms with Crippen molar-refractivity contribution in [3.63, 3.8) is 0 Å². The first kappa shape index (κ1) is 40.2. The van der Waals surface area contributed by atoms with Gasteiger partial charge >= 0.3 is 17.1 Å². The molecule has 8 nitrogen and oxygen atoms in total. The van der Waals surface area contributed by atoms with E-state index >= 15 is 0 Å². The minimum Gasteiger partial charge on any atom is -1.00 e. The van der Waals surface area contributed by atoms with Crippen molar-refractivity contribution >= 4 is 46.4 Å². The van der Waals surface area contributed by atoms with Crippen LogP contribution in [0.2, 0.25) is 0 Å². The van der Waals surface area contributed by atoms with Crippen LogP contribution in [-0.2, 0) is 43.2 Å². The summed E-state index contributed by atoms with van der Waals surface area (Å²) in [6.07, 6.45) is 17.0. The molecule has 9 rings (SSSR count). The van der Waals surface area contributed by atoms with E-state index in [1.807, 2.05) is 0 Å². The maximum Gasteiger partial charge on any atom is 3.00 e. The summed E-state index contributed by atoms with van der Waals surface area (Å²) in [7, 11) is 0. The number of nitrogens with zero attached hydrogens (tertiary/aromatic N) is 8. The van der Waals surface area contributed by atoms with Gasteiger partial charge in [0, 0.05) is 48.5 Å². The molecule has 7 aromatic rings. The molecular formula is C48H44ClMnN8+4. The molecule has 0 unspecified atom stereocenters. The zero-order chi connectivity index (χ0) is 38.2. The monoisotopic (exact) mass is 822 g/mol. The number of hydrogen-bond acceptors (Lipinski definition) is 2. The normalized spacial score (nSPS) is 11.7. The summed E-state index contributed by atoms with van der Waals surface area (Å²) < 4.78 is 9.04. The summed E-state index contributed by atoms with van der Waals surface area (Å²) >= 11 is 0. The number of fused-ring (bicyclic) bond motifs is 8. The van der Waals surface area contributed by atoms with Gasteiger partial charge in [-0.05, 0) is 76.3 Å². The molecule has 58 heavy (non-hydrogen) atoms. The average molecular weight is 823 g/mol. The molecule has 0 fully saturated rings. The largest absolute Gasteiger partial charge is 3.00 e. The van der Waals surface area contributed by atoms with Gasteiger partial charge in [-0.1, -0.05) is 24.3 Å². The van der Waals surface area contributed by atoms with Crippen LogP contribution in [0.3, 0.4) is 0 Å². The first-order valence-electron chi connectivity index (χ1n) is 19.6. The fourth-order valence-electron chi connectivity index (χ4n) is 8.05. The Kier molecular flexibility index (Phi) is 12.0. The Bertz CT molecular complexity index is 2510. The third-order valence-electron chi connectivity index (χ3n) is 10.8. The summed E-state index contributed by atoms with van der Waals surface area (Å²) in [5.74, 6) is 0. The molecule has 0 saturated heterocycles. The van der Waals surface area contributed by atoms with Crippen LogP contribution in [0, 0.1) is 0 Å². The van der Waals surface area contributed by atoms with Crippen molar-refractivity contribution in [1.82, 2.24) is 19.9 Å². The molecule has 0 aliphatic carbocycles. The molecule has 2 aliphatic rings. The van der Waals surface area contributed by atoms with Gasteiger partial charge in [-0.15, -0.1) is 22.1 Å². The Balaban J connectivity index is 0.00000256. The predicted molar refractivity (Wildman–Crippen MR) is 222 cm³/mol. The van der Waals surface area contributed by atoms with Gasteiger partial charge in [0.25, 0.3) is 0 Å². The number of halogens is 1. The molecule has 0 N–H and O–H groups in total. The number of aromatic nitrogens is 8. The fourth-order valence-corrected chi connectivity index (χ4v) is 8.05. The molecule has 9 heterocycles. The smallest absolute Gasteiger partial charge is 1.00 e. The third-order valence-corrected chi connectivity index (χ3v) is 10.8. The van der Waals surface area contributed by atoms with Crippen LogP contribution in [-0.4, -0.2) is 9.97 Å². The van der Waals surface area contributed by atoms with Gasteiger partial charge < -0.3 is 22.4 Å². The molecule has 0 spiro atoms. The standard InChI is InChI=1S/C48H44N8.ClH.Mn/c1-5-53-29-13-9-17-41(53)45-33-21-23-35(49-33)46(42-18-10-14-30-54(42)6-2)37-25-27-39(51-37)48(44-20-12-16-32-56(44)8-4)40-28-26-38(52-40)47(36-24-22-34(45)50-36)43-19-11-15-31-55(43)7-3;;/h9-32H,5-8H2,1-4H3;1H;/q+2;;+3/p-1. The number of hydrogen-bond donors (Lipinski definition) is 0. The molecule has 0 atom stereocenters. The van der Waals surface area contributed by atoms with E-state index in [-0.39, 0.29) is 29.5 Å². The second kappa shape index (κ2) is 17.2. The summed E-state index contributed by atoms with van der Waals surface area (Å²) in [6, 6.07) is 33.9. The van der Waals surface area contributed by atoms with E-state index in [9.17, 15) is 0 Å². The fraction of sp³-hybridized carbons (Fsp3) is 0.167. The van der Waals surface area contributed by atoms with Crippen molar-refractivity contribution in [1.29, 1.82) is 0 Å². The minimum absolute atomic E-state index is 0. The Morgan fingerprint density at radius 1 is 0.379 bits per heavy atom. The molecule has 0 aromatic carbocycles. The van der Waals surface area contributed by atoms with Gasteiger partial charge in [0.1, 0.15) is 26.2 Å². The molecule has 0 saturated carbocycles. The van der Waals surface area contributed by atoms with Gasteiger partial charge in [-0.3, -0.25) is 0 Å². The van der Waals surface area contributed by atoms with Crippen molar-refractivity contribution in [3.05, 3.63) is 145 Å². The molecule has 7 aromatic heterocycles. The van der Waals surface area contributed by atoms with Crippen molar-refractivity contribution in [2.75, 3.05) is 0 Å². The van der Waals surface area contributed by atoms with Gasteiger partial charge in [-0.25, -0.2) is 9.97 Å². The Morgan fingerprint density at radius 3 is 0.845 bits per heavy atom. The minimum atomic E-state index is 0. The third kappa shape index (κ3) is 7.11. The molecular weight excluding hydrogens is 779 g/mol. The Hall–Kier alpha value is -5.99. The zero-order valence-electron chi connectivity index (χ0n) is 33.0. The van der Waals surface area contributed by atoms with Gasteiger partial charge in [0.15, 0.2) is 24.8 Å². The number of pyridine rings is 4. The molecule has 0 amide bonds. The molecule has 8 bridgehead atoms. The van der Waals surface area contributed by atoms with E-state index in [1.54, 1.807) is 0 Å². The number of aryl methyl sites for hydroxylation is 4. The molecule has 10 heteroatoms. The Morgan fingerprint density at radius 2 is 0.621 bits per heavy atom. The van der Waals surface area contributed by atoms with Gasteiger partial charge in [0.05, 0.1) is 45.0 Å². The van der Waals surface area contributed by atoms with Crippen molar-refractivity contribution in [2.45, 2.75) is 53.9 Å². The van der Waals surface area contributed by atoms with Crippen LogP contribution < -0.4 is 40.6 Å². The van der Waals surface area contributed by atoms with Crippen LogP contribution in [0.5, 0.6) is 0 Å². The van der Waals surface area contributed by atoms with E-state index < -0.39 is 0 Å². The summed E-state index contributed by atoms with van der Waals surface area (Å²) in [6.45, 7) is 11.9. The van der Waals surface area contributed by atoms with Crippen LogP contribution >= 0.6 is 0 Å². The first-order valence-corrected chi connectivity index (χ1v) is 19.6. The van der Waals surface area contributed by atoms with E-state index in [0.29, 0.717) is 0 Å². The van der Waals surface area contributed by atoms with Crippen molar-refractivity contribution in [3.8, 4) is 45.0 Å². The predicted octanol–water partition coefficient (Wildman–Crippen LogP) is 4.81. The van der Waals surface area contributed by atoms with Gasteiger partial charge in [0.2, 0.25) is 22.8 Å². The Labute approximate surface area is 355 Å². The van der Waals surface area contributed by atoms with Gasteiger partial charge in [-0.2, -0.15) is 18.3 Å².